The van der Waals surface area contributed by atoms with Gasteiger partial charge in [0.05, 0.1) is 25.3 Å². The molecule has 4 nitrogen and oxygen atoms in total. The average molecular weight is 354 g/mol. The molecule has 2 aromatic rings. The number of amides is 1. The second kappa shape index (κ2) is 7.57. The highest BCUT2D eigenvalue weighted by molar-refractivity contribution is 6.32. The van der Waals surface area contributed by atoms with Crippen LogP contribution >= 0.6 is 23.2 Å². The summed E-state index contributed by atoms with van der Waals surface area (Å²) in [5.74, 6) is 0.537. The van der Waals surface area contributed by atoms with Gasteiger partial charge in [-0.1, -0.05) is 35.3 Å². The van der Waals surface area contributed by atoms with Crippen LogP contribution in [-0.2, 0) is 0 Å². The highest BCUT2D eigenvalue weighted by Gasteiger charge is 2.17. The molecule has 0 saturated heterocycles. The van der Waals surface area contributed by atoms with Gasteiger partial charge in [-0.05, 0) is 36.8 Å². The summed E-state index contributed by atoms with van der Waals surface area (Å²) in [7, 11) is 2.98. The van der Waals surface area contributed by atoms with E-state index in [0.717, 1.165) is 5.56 Å². The molecule has 1 atom stereocenters. The predicted octanol–water partition coefficient (Wildman–Crippen LogP) is 4.50. The Kier molecular flexibility index (Phi) is 5.74. The fraction of sp³-hybridized carbons (Fsp3) is 0.235. The standard InChI is InChI=1S/C17H17Cl2NO3/c1-10(11-5-4-6-13(18)7-11)20-17(21)12-8-14(19)16(23-3)15(9-12)22-2/h4-10H,1-3H3,(H,20,21)/t10-/m0/s1. The van der Waals surface area contributed by atoms with Crippen molar-refractivity contribution in [3.8, 4) is 11.5 Å². The second-order valence-electron chi connectivity index (χ2n) is 4.94. The van der Waals surface area contributed by atoms with Crippen molar-refractivity contribution in [2.45, 2.75) is 13.0 Å². The largest absolute Gasteiger partial charge is 0.493 e. The second-order valence-corrected chi connectivity index (χ2v) is 5.79. The monoisotopic (exact) mass is 353 g/mol. The zero-order chi connectivity index (χ0) is 17.0. The summed E-state index contributed by atoms with van der Waals surface area (Å²) >= 11 is 12.1. The number of benzene rings is 2. The maximum atomic E-state index is 12.4. The van der Waals surface area contributed by atoms with Gasteiger partial charge >= 0.3 is 0 Å². The lowest BCUT2D eigenvalue weighted by molar-refractivity contribution is 0.0939. The SMILES string of the molecule is COc1cc(C(=O)N[C@@H](C)c2cccc(Cl)c2)cc(Cl)c1OC. The van der Waals surface area contributed by atoms with Gasteiger partial charge in [-0.2, -0.15) is 0 Å². The number of carbonyl (C=O) groups excluding carboxylic acids is 1. The van der Waals surface area contributed by atoms with E-state index in [9.17, 15) is 4.79 Å². The summed E-state index contributed by atoms with van der Waals surface area (Å²) in [5.41, 5.74) is 1.30. The van der Waals surface area contributed by atoms with E-state index in [1.165, 1.54) is 14.2 Å². The predicted molar refractivity (Wildman–Crippen MR) is 91.9 cm³/mol. The number of ether oxygens (including phenoxy) is 2. The van der Waals surface area contributed by atoms with Gasteiger partial charge in [-0.15, -0.1) is 0 Å². The van der Waals surface area contributed by atoms with Crippen LogP contribution in [0.4, 0.5) is 0 Å². The number of hydrogen-bond acceptors (Lipinski definition) is 3. The van der Waals surface area contributed by atoms with Gasteiger partial charge in [-0.3, -0.25) is 4.79 Å². The van der Waals surface area contributed by atoms with Crippen LogP contribution in [0.3, 0.4) is 0 Å². The molecule has 0 bridgehead atoms. The van der Waals surface area contributed by atoms with Crippen LogP contribution in [0.1, 0.15) is 28.9 Å². The number of carbonyl (C=O) groups is 1. The first-order valence-electron chi connectivity index (χ1n) is 6.94. The molecule has 6 heteroatoms. The Morgan fingerprint density at radius 3 is 2.48 bits per heavy atom. The van der Waals surface area contributed by atoms with E-state index in [2.05, 4.69) is 5.32 Å². The number of methoxy groups -OCH3 is 2. The third-order valence-corrected chi connectivity index (χ3v) is 3.91. The summed E-state index contributed by atoms with van der Waals surface area (Å²) < 4.78 is 10.4. The molecule has 0 aliphatic carbocycles. The van der Waals surface area contributed by atoms with Crippen molar-refractivity contribution in [3.05, 3.63) is 57.6 Å². The van der Waals surface area contributed by atoms with E-state index in [4.69, 9.17) is 32.7 Å². The Morgan fingerprint density at radius 1 is 1.13 bits per heavy atom. The van der Waals surface area contributed by atoms with E-state index in [-0.39, 0.29) is 11.9 Å². The van der Waals surface area contributed by atoms with Gasteiger partial charge < -0.3 is 14.8 Å². The fourth-order valence-electron chi connectivity index (χ4n) is 2.19. The zero-order valence-corrected chi connectivity index (χ0v) is 14.5. The highest BCUT2D eigenvalue weighted by atomic mass is 35.5. The minimum absolute atomic E-state index is 0.201. The number of halogens is 2. The van der Waals surface area contributed by atoms with Gasteiger partial charge in [0.2, 0.25) is 0 Å². The van der Waals surface area contributed by atoms with Crippen molar-refractivity contribution in [3.63, 3.8) is 0 Å². The number of rotatable bonds is 5. The van der Waals surface area contributed by atoms with Gasteiger partial charge in [0.15, 0.2) is 11.5 Å². The average Bonchev–Trinajstić information content (AvgIpc) is 2.53. The van der Waals surface area contributed by atoms with Crippen molar-refractivity contribution in [1.29, 1.82) is 0 Å². The Bertz CT molecular complexity index is 719. The third kappa shape index (κ3) is 4.09. The lowest BCUT2D eigenvalue weighted by atomic mass is 10.1. The van der Waals surface area contributed by atoms with E-state index < -0.39 is 0 Å². The normalized spacial score (nSPS) is 11.7. The lowest BCUT2D eigenvalue weighted by Crippen LogP contribution is -2.26. The molecule has 0 saturated carbocycles. The summed E-state index contributed by atoms with van der Waals surface area (Å²) in [5, 5.41) is 3.84. The number of nitrogens with one attached hydrogen (secondary N) is 1. The number of hydrogen-bond donors (Lipinski definition) is 1. The summed E-state index contributed by atoms with van der Waals surface area (Å²) in [6, 6.07) is 10.3. The molecule has 23 heavy (non-hydrogen) atoms. The molecule has 0 radical (unpaired) electrons. The fourth-order valence-corrected chi connectivity index (χ4v) is 2.67. The van der Waals surface area contributed by atoms with Gasteiger partial charge in [0, 0.05) is 10.6 Å². The summed E-state index contributed by atoms with van der Waals surface area (Å²) in [4.78, 5) is 12.4. The molecule has 0 spiro atoms. The van der Waals surface area contributed by atoms with Crippen LogP contribution in [0.25, 0.3) is 0 Å². The zero-order valence-electron chi connectivity index (χ0n) is 13.0. The van der Waals surface area contributed by atoms with Crippen molar-refractivity contribution >= 4 is 29.1 Å². The van der Waals surface area contributed by atoms with E-state index >= 15 is 0 Å². The topological polar surface area (TPSA) is 47.6 Å². The maximum absolute atomic E-state index is 12.4. The molecule has 0 aliphatic heterocycles. The smallest absolute Gasteiger partial charge is 0.251 e. The Labute approximate surface area is 145 Å². The minimum Gasteiger partial charge on any atom is -0.493 e. The van der Waals surface area contributed by atoms with Crippen LogP contribution in [0.5, 0.6) is 11.5 Å². The Balaban J connectivity index is 2.22. The van der Waals surface area contributed by atoms with Gasteiger partial charge in [-0.25, -0.2) is 0 Å². The van der Waals surface area contributed by atoms with Crippen molar-refractivity contribution in [2.75, 3.05) is 14.2 Å². The molecular weight excluding hydrogens is 337 g/mol. The highest BCUT2D eigenvalue weighted by Crippen LogP contribution is 2.36. The van der Waals surface area contributed by atoms with Gasteiger partial charge in [0.1, 0.15) is 0 Å². The molecular formula is C17H17Cl2NO3. The summed E-state index contributed by atoms with van der Waals surface area (Å²) in [6.45, 7) is 1.88. The molecule has 0 unspecified atom stereocenters. The molecule has 0 fully saturated rings. The molecule has 122 valence electrons. The minimum atomic E-state index is -0.264. The first-order valence-corrected chi connectivity index (χ1v) is 7.69. The molecule has 0 aliphatic rings. The summed E-state index contributed by atoms with van der Waals surface area (Å²) in [6.07, 6.45) is 0. The molecule has 0 aromatic heterocycles. The van der Waals surface area contributed by atoms with Crippen LogP contribution in [0.2, 0.25) is 10.0 Å². The molecule has 1 amide bonds. The third-order valence-electron chi connectivity index (χ3n) is 3.39. The van der Waals surface area contributed by atoms with Crippen LogP contribution in [-0.4, -0.2) is 20.1 Å². The Hall–Kier alpha value is -1.91. The maximum Gasteiger partial charge on any atom is 0.251 e. The van der Waals surface area contributed by atoms with Crippen molar-refractivity contribution < 1.29 is 14.3 Å². The molecule has 2 rings (SSSR count). The van der Waals surface area contributed by atoms with E-state index in [1.807, 2.05) is 25.1 Å². The van der Waals surface area contributed by atoms with Crippen LogP contribution < -0.4 is 14.8 Å². The lowest BCUT2D eigenvalue weighted by Gasteiger charge is -2.16. The molecule has 1 N–H and O–H groups in total. The first kappa shape index (κ1) is 17.4. The van der Waals surface area contributed by atoms with E-state index in [1.54, 1.807) is 18.2 Å². The van der Waals surface area contributed by atoms with E-state index in [0.29, 0.717) is 27.1 Å². The first-order chi connectivity index (χ1) is 11.0. The van der Waals surface area contributed by atoms with Gasteiger partial charge in [0.25, 0.3) is 5.91 Å². The molecule has 2 aromatic carbocycles. The quantitative estimate of drug-likeness (QED) is 0.860. The molecule has 0 heterocycles. The van der Waals surface area contributed by atoms with Crippen molar-refractivity contribution in [2.24, 2.45) is 0 Å². The van der Waals surface area contributed by atoms with Crippen molar-refractivity contribution in [1.82, 2.24) is 5.32 Å². The van der Waals surface area contributed by atoms with Crippen LogP contribution in [0.15, 0.2) is 36.4 Å². The van der Waals surface area contributed by atoms with Crippen LogP contribution in [0, 0.1) is 0 Å². The Morgan fingerprint density at radius 2 is 1.87 bits per heavy atom.